The monoisotopic (exact) mass is 462 g/mol. The number of hydrogen-bond acceptors (Lipinski definition) is 4. The number of carboxylic acid groups (broad SMARTS) is 1. The molecule has 0 aliphatic heterocycles. The Bertz CT molecular complexity index is 843. The van der Waals surface area contributed by atoms with Crippen LogP contribution >= 0.6 is 15.9 Å². The van der Waals surface area contributed by atoms with Crippen LogP contribution in [0.2, 0.25) is 0 Å². The average molecular weight is 463 g/mol. The summed E-state index contributed by atoms with van der Waals surface area (Å²) in [6, 6.07) is 13.7. The molecule has 6 heteroatoms. The van der Waals surface area contributed by atoms with Crippen molar-refractivity contribution >= 4 is 21.9 Å². The fraction of sp³-hybridized carbons (Fsp3) is 0.435. The quantitative estimate of drug-likeness (QED) is 0.543. The van der Waals surface area contributed by atoms with Gasteiger partial charge in [-0.1, -0.05) is 40.2 Å². The van der Waals surface area contributed by atoms with Gasteiger partial charge in [-0.25, -0.2) is 0 Å². The third kappa shape index (κ3) is 5.00. The fourth-order valence-electron chi connectivity index (χ4n) is 4.24. The molecule has 0 amide bonds. The molecule has 2 aromatic rings. The van der Waals surface area contributed by atoms with Gasteiger partial charge >= 0.3 is 5.97 Å². The molecule has 5 nitrogen and oxygen atoms in total. The van der Waals surface area contributed by atoms with Gasteiger partial charge in [0.15, 0.2) is 0 Å². The second-order valence-corrected chi connectivity index (χ2v) is 8.40. The highest BCUT2D eigenvalue weighted by Gasteiger charge is 2.44. The third-order valence-corrected chi connectivity index (χ3v) is 6.15. The molecule has 0 saturated heterocycles. The number of hydrogen-bond donors (Lipinski definition) is 1. The molecule has 0 saturated carbocycles. The van der Waals surface area contributed by atoms with Gasteiger partial charge in [0.2, 0.25) is 0 Å². The molecule has 0 fully saturated rings. The van der Waals surface area contributed by atoms with Crippen LogP contribution < -0.4 is 4.74 Å². The number of methoxy groups -OCH3 is 2. The summed E-state index contributed by atoms with van der Waals surface area (Å²) in [7, 11) is 3.44. The van der Waals surface area contributed by atoms with Crippen molar-refractivity contribution in [3.63, 3.8) is 0 Å². The highest BCUT2D eigenvalue weighted by Crippen LogP contribution is 2.51. The second kappa shape index (κ2) is 9.74. The van der Waals surface area contributed by atoms with E-state index in [1.807, 2.05) is 24.3 Å². The van der Waals surface area contributed by atoms with Crippen LogP contribution in [0, 0.1) is 0 Å². The highest BCUT2D eigenvalue weighted by molar-refractivity contribution is 9.10. The van der Waals surface area contributed by atoms with Gasteiger partial charge < -0.3 is 19.3 Å². The van der Waals surface area contributed by atoms with Gasteiger partial charge in [0.05, 0.1) is 6.42 Å². The Morgan fingerprint density at radius 1 is 1.14 bits per heavy atom. The van der Waals surface area contributed by atoms with E-state index in [4.69, 9.17) is 14.2 Å². The zero-order valence-electron chi connectivity index (χ0n) is 16.8. The van der Waals surface area contributed by atoms with Crippen LogP contribution in [0.1, 0.15) is 42.1 Å². The second-order valence-electron chi connectivity index (χ2n) is 7.49. The lowest BCUT2D eigenvalue weighted by atomic mass is 9.76. The summed E-state index contributed by atoms with van der Waals surface area (Å²) in [4.78, 5) is 11.3. The summed E-state index contributed by atoms with van der Waals surface area (Å²) >= 11 is 3.59. The Kier molecular flexibility index (Phi) is 7.33. The van der Waals surface area contributed by atoms with Crippen molar-refractivity contribution in [3.8, 4) is 5.75 Å². The van der Waals surface area contributed by atoms with Gasteiger partial charge in [0.1, 0.15) is 11.9 Å². The lowest BCUT2D eigenvalue weighted by molar-refractivity contribution is -0.136. The van der Waals surface area contributed by atoms with E-state index in [0.717, 1.165) is 29.3 Å². The molecule has 1 unspecified atom stereocenters. The van der Waals surface area contributed by atoms with Crippen LogP contribution in [0.25, 0.3) is 0 Å². The Hall–Kier alpha value is -1.89. The van der Waals surface area contributed by atoms with Crippen molar-refractivity contribution < 1.29 is 24.1 Å². The van der Waals surface area contributed by atoms with Gasteiger partial charge in [-0.3, -0.25) is 4.79 Å². The highest BCUT2D eigenvalue weighted by atomic mass is 79.9. The average Bonchev–Trinajstić information content (AvgIpc) is 2.99. The number of aliphatic carboxylic acids is 1. The summed E-state index contributed by atoms with van der Waals surface area (Å²) < 4.78 is 18.3. The SMILES string of the molecule is COCCC1(CCOC)CC(Oc2ccccc2CC(=O)O)c2cc(Br)ccc21. The summed E-state index contributed by atoms with van der Waals surface area (Å²) in [5.74, 6) is -0.245. The van der Waals surface area contributed by atoms with Gasteiger partial charge in [0.25, 0.3) is 0 Å². The standard InChI is InChI=1S/C23H27BrO5/c1-27-11-9-23(10-12-28-2)15-21(18-14-17(24)7-8-19(18)23)29-20-6-4-3-5-16(20)13-22(25)26/h3-8,14,21H,9-13,15H2,1-2H3,(H,25,26). The number of carboxylic acids is 1. The number of halogens is 1. The summed E-state index contributed by atoms with van der Waals surface area (Å²) in [6.07, 6.45) is 2.32. The molecule has 0 radical (unpaired) electrons. The molecular formula is C23H27BrO5. The third-order valence-electron chi connectivity index (χ3n) is 5.66. The van der Waals surface area contributed by atoms with Crippen molar-refractivity contribution in [2.24, 2.45) is 0 Å². The number of rotatable bonds is 10. The van der Waals surface area contributed by atoms with Crippen LogP contribution in [0.5, 0.6) is 5.75 Å². The summed E-state index contributed by atoms with van der Waals surface area (Å²) in [6.45, 7) is 1.31. The zero-order chi connectivity index (χ0) is 20.9. The smallest absolute Gasteiger partial charge is 0.307 e. The first-order valence-corrected chi connectivity index (χ1v) is 10.5. The molecular weight excluding hydrogens is 436 g/mol. The number of ether oxygens (including phenoxy) is 3. The first-order valence-electron chi connectivity index (χ1n) is 9.73. The van der Waals surface area contributed by atoms with E-state index in [2.05, 4.69) is 34.1 Å². The van der Waals surface area contributed by atoms with E-state index in [0.29, 0.717) is 24.5 Å². The minimum Gasteiger partial charge on any atom is -0.485 e. The van der Waals surface area contributed by atoms with Crippen molar-refractivity contribution in [3.05, 3.63) is 63.6 Å². The van der Waals surface area contributed by atoms with Crippen LogP contribution in [0.3, 0.4) is 0 Å². The van der Waals surface area contributed by atoms with E-state index in [9.17, 15) is 9.90 Å². The Balaban J connectivity index is 1.97. The van der Waals surface area contributed by atoms with Gasteiger partial charge in [-0.05, 0) is 48.6 Å². The zero-order valence-corrected chi connectivity index (χ0v) is 18.4. The number of benzene rings is 2. The Morgan fingerprint density at radius 2 is 1.83 bits per heavy atom. The molecule has 0 bridgehead atoms. The lowest BCUT2D eigenvalue weighted by Gasteiger charge is -2.30. The molecule has 29 heavy (non-hydrogen) atoms. The maximum absolute atomic E-state index is 11.3. The molecule has 1 aliphatic rings. The van der Waals surface area contributed by atoms with E-state index in [-0.39, 0.29) is 17.9 Å². The predicted molar refractivity (Wildman–Crippen MR) is 115 cm³/mol. The maximum Gasteiger partial charge on any atom is 0.307 e. The van der Waals surface area contributed by atoms with E-state index in [1.54, 1.807) is 14.2 Å². The van der Waals surface area contributed by atoms with Crippen molar-refractivity contribution in [1.29, 1.82) is 0 Å². The van der Waals surface area contributed by atoms with Crippen molar-refractivity contribution in [2.45, 2.75) is 37.2 Å². The molecule has 1 N–H and O–H groups in total. The predicted octanol–water partition coefficient (Wildman–Crippen LogP) is 4.91. The van der Waals surface area contributed by atoms with Crippen molar-refractivity contribution in [1.82, 2.24) is 0 Å². The molecule has 156 valence electrons. The van der Waals surface area contributed by atoms with E-state index < -0.39 is 5.97 Å². The van der Waals surface area contributed by atoms with E-state index >= 15 is 0 Å². The molecule has 1 aliphatic carbocycles. The van der Waals surface area contributed by atoms with Crippen LogP contribution in [0.15, 0.2) is 46.9 Å². The van der Waals surface area contributed by atoms with Gasteiger partial charge in [-0.2, -0.15) is 0 Å². The number of fused-ring (bicyclic) bond motifs is 1. The molecule has 0 aromatic heterocycles. The van der Waals surface area contributed by atoms with E-state index in [1.165, 1.54) is 5.56 Å². The van der Waals surface area contributed by atoms with Crippen LogP contribution in [-0.2, 0) is 26.1 Å². The van der Waals surface area contributed by atoms with Gasteiger partial charge in [-0.15, -0.1) is 0 Å². The van der Waals surface area contributed by atoms with Gasteiger partial charge in [0, 0.05) is 42.9 Å². The number of para-hydroxylation sites is 1. The molecule has 3 rings (SSSR count). The van der Waals surface area contributed by atoms with Crippen LogP contribution in [0.4, 0.5) is 0 Å². The summed E-state index contributed by atoms with van der Waals surface area (Å²) in [5, 5.41) is 9.23. The summed E-state index contributed by atoms with van der Waals surface area (Å²) in [5.41, 5.74) is 2.98. The molecule has 0 spiro atoms. The largest absolute Gasteiger partial charge is 0.485 e. The molecule has 1 atom stereocenters. The Morgan fingerprint density at radius 3 is 2.48 bits per heavy atom. The Labute approximate surface area is 180 Å². The number of carbonyl (C=O) groups is 1. The maximum atomic E-state index is 11.3. The first-order chi connectivity index (χ1) is 14.0. The topological polar surface area (TPSA) is 65.0 Å². The minimum absolute atomic E-state index is 0.0628. The molecule has 2 aromatic carbocycles. The van der Waals surface area contributed by atoms with Crippen LogP contribution in [-0.4, -0.2) is 38.5 Å². The normalized spacial score (nSPS) is 17.1. The first kappa shape index (κ1) is 21.8. The fourth-order valence-corrected chi connectivity index (χ4v) is 4.62. The molecule has 0 heterocycles. The minimum atomic E-state index is -0.870. The lowest BCUT2D eigenvalue weighted by Crippen LogP contribution is -2.27. The van der Waals surface area contributed by atoms with Crippen molar-refractivity contribution in [2.75, 3.05) is 27.4 Å².